The minimum atomic E-state index is -0.437. The van der Waals surface area contributed by atoms with Crippen molar-refractivity contribution in [1.82, 2.24) is 0 Å². The fourth-order valence-electron chi connectivity index (χ4n) is 3.37. The van der Waals surface area contributed by atoms with Crippen LogP contribution in [0.5, 0.6) is 11.5 Å². The Morgan fingerprint density at radius 1 is 0.903 bits per heavy atom. The lowest BCUT2D eigenvalue weighted by Gasteiger charge is -2.13. The SMILES string of the molecule is COc1ccc(C(=O)Nc2oc3ccccc3c(=O)c2-c2ccc(C)cc2)cc1OC. The van der Waals surface area contributed by atoms with Gasteiger partial charge in [-0.15, -0.1) is 0 Å². The van der Waals surface area contributed by atoms with Crippen LogP contribution in [0.4, 0.5) is 5.88 Å². The summed E-state index contributed by atoms with van der Waals surface area (Å²) < 4.78 is 16.5. The number of carbonyl (C=O) groups is 1. The first-order valence-corrected chi connectivity index (χ1v) is 9.68. The van der Waals surface area contributed by atoms with Crippen molar-refractivity contribution in [2.75, 3.05) is 19.5 Å². The summed E-state index contributed by atoms with van der Waals surface area (Å²) in [5.41, 5.74) is 2.53. The average molecular weight is 415 g/mol. The molecule has 3 aromatic carbocycles. The molecule has 0 aliphatic rings. The van der Waals surface area contributed by atoms with Crippen LogP contribution in [0.1, 0.15) is 15.9 Å². The number of rotatable bonds is 5. The summed E-state index contributed by atoms with van der Waals surface area (Å²) >= 11 is 0. The fraction of sp³-hybridized carbons (Fsp3) is 0.120. The summed E-state index contributed by atoms with van der Waals surface area (Å²) in [4.78, 5) is 26.3. The predicted molar refractivity (Wildman–Crippen MR) is 120 cm³/mol. The second kappa shape index (κ2) is 8.36. The molecule has 0 spiro atoms. The van der Waals surface area contributed by atoms with Gasteiger partial charge in [0.1, 0.15) is 5.58 Å². The standard InChI is InChI=1S/C25H21NO5/c1-15-8-10-16(11-9-15)22-23(27)18-6-4-5-7-19(18)31-25(22)26-24(28)17-12-13-20(29-2)21(14-17)30-3/h4-14H,1-3H3,(H,26,28). The van der Waals surface area contributed by atoms with Crippen molar-refractivity contribution in [3.05, 3.63) is 88.1 Å². The van der Waals surface area contributed by atoms with Gasteiger partial charge in [0.2, 0.25) is 11.3 Å². The van der Waals surface area contributed by atoms with Crippen molar-refractivity contribution in [2.45, 2.75) is 6.92 Å². The molecule has 156 valence electrons. The van der Waals surface area contributed by atoms with Gasteiger partial charge in [-0.2, -0.15) is 0 Å². The van der Waals surface area contributed by atoms with E-state index >= 15 is 0 Å². The number of hydrogen-bond donors (Lipinski definition) is 1. The van der Waals surface area contributed by atoms with Crippen LogP contribution in [0, 0.1) is 6.92 Å². The molecule has 31 heavy (non-hydrogen) atoms. The quantitative estimate of drug-likeness (QED) is 0.494. The Morgan fingerprint density at radius 3 is 2.32 bits per heavy atom. The van der Waals surface area contributed by atoms with E-state index < -0.39 is 5.91 Å². The highest BCUT2D eigenvalue weighted by molar-refractivity contribution is 6.06. The highest BCUT2D eigenvalue weighted by atomic mass is 16.5. The number of methoxy groups -OCH3 is 2. The Balaban J connectivity index is 1.83. The van der Waals surface area contributed by atoms with Crippen LogP contribution in [0.25, 0.3) is 22.1 Å². The van der Waals surface area contributed by atoms with Gasteiger partial charge in [-0.3, -0.25) is 14.9 Å². The van der Waals surface area contributed by atoms with Crippen LogP contribution in [0.3, 0.4) is 0 Å². The van der Waals surface area contributed by atoms with Crippen LogP contribution in [-0.2, 0) is 0 Å². The topological polar surface area (TPSA) is 77.8 Å². The molecule has 1 aromatic heterocycles. The van der Waals surface area contributed by atoms with E-state index in [0.29, 0.717) is 39.2 Å². The summed E-state index contributed by atoms with van der Waals surface area (Å²) in [6.07, 6.45) is 0. The lowest BCUT2D eigenvalue weighted by atomic mass is 10.0. The highest BCUT2D eigenvalue weighted by Gasteiger charge is 2.19. The second-order valence-corrected chi connectivity index (χ2v) is 7.02. The molecule has 0 fully saturated rings. The van der Waals surface area contributed by atoms with E-state index in [-0.39, 0.29) is 11.3 Å². The molecule has 0 atom stereocenters. The van der Waals surface area contributed by atoms with Gasteiger partial charge in [-0.1, -0.05) is 42.0 Å². The van der Waals surface area contributed by atoms with Gasteiger partial charge in [0.15, 0.2) is 11.5 Å². The van der Waals surface area contributed by atoms with Crippen LogP contribution in [0.15, 0.2) is 75.9 Å². The molecule has 0 aliphatic heterocycles. The summed E-state index contributed by atoms with van der Waals surface area (Å²) in [6.45, 7) is 1.96. The monoisotopic (exact) mass is 415 g/mol. The van der Waals surface area contributed by atoms with Gasteiger partial charge in [0.05, 0.1) is 25.2 Å². The molecule has 0 saturated carbocycles. The van der Waals surface area contributed by atoms with Gasteiger partial charge in [0.25, 0.3) is 5.91 Å². The number of para-hydroxylation sites is 1. The summed E-state index contributed by atoms with van der Waals surface area (Å²) in [6, 6.07) is 19.3. The van der Waals surface area contributed by atoms with Crippen LogP contribution in [-0.4, -0.2) is 20.1 Å². The van der Waals surface area contributed by atoms with E-state index in [2.05, 4.69) is 5.32 Å². The maximum atomic E-state index is 13.3. The zero-order chi connectivity index (χ0) is 22.0. The maximum Gasteiger partial charge on any atom is 0.258 e. The lowest BCUT2D eigenvalue weighted by Crippen LogP contribution is -2.16. The smallest absolute Gasteiger partial charge is 0.258 e. The molecule has 1 N–H and O–H groups in total. The molecule has 1 amide bonds. The third kappa shape index (κ3) is 3.88. The molecule has 0 aliphatic carbocycles. The van der Waals surface area contributed by atoms with E-state index in [1.807, 2.05) is 31.2 Å². The molecular formula is C25H21NO5. The van der Waals surface area contributed by atoms with Gasteiger partial charge >= 0.3 is 0 Å². The number of amides is 1. The molecule has 1 heterocycles. The molecule has 6 nitrogen and oxygen atoms in total. The first kappa shape index (κ1) is 20.2. The Bertz CT molecular complexity index is 1320. The third-order valence-electron chi connectivity index (χ3n) is 5.01. The van der Waals surface area contributed by atoms with Crippen molar-refractivity contribution >= 4 is 22.8 Å². The lowest BCUT2D eigenvalue weighted by molar-refractivity contribution is 0.102. The average Bonchev–Trinajstić information content (AvgIpc) is 2.79. The second-order valence-electron chi connectivity index (χ2n) is 7.02. The Morgan fingerprint density at radius 2 is 1.61 bits per heavy atom. The van der Waals surface area contributed by atoms with Crippen LogP contribution < -0.4 is 20.2 Å². The fourth-order valence-corrected chi connectivity index (χ4v) is 3.37. The molecular weight excluding hydrogens is 394 g/mol. The molecule has 4 aromatic rings. The number of aryl methyl sites for hydroxylation is 1. The third-order valence-corrected chi connectivity index (χ3v) is 5.01. The zero-order valence-electron chi connectivity index (χ0n) is 17.4. The molecule has 6 heteroatoms. The Kier molecular flexibility index (Phi) is 5.45. The number of anilines is 1. The van der Waals surface area contributed by atoms with E-state index in [0.717, 1.165) is 5.56 Å². The largest absolute Gasteiger partial charge is 0.493 e. The normalized spacial score (nSPS) is 10.7. The number of ether oxygens (including phenoxy) is 2. The molecule has 4 rings (SSSR count). The number of benzene rings is 3. The molecule has 0 radical (unpaired) electrons. The minimum Gasteiger partial charge on any atom is -0.493 e. The van der Waals surface area contributed by atoms with Gasteiger partial charge in [-0.05, 0) is 42.8 Å². The Hall–Kier alpha value is -4.06. The van der Waals surface area contributed by atoms with Crippen molar-refractivity contribution in [3.8, 4) is 22.6 Å². The van der Waals surface area contributed by atoms with Crippen molar-refractivity contribution in [3.63, 3.8) is 0 Å². The van der Waals surface area contributed by atoms with Gasteiger partial charge in [-0.25, -0.2) is 0 Å². The minimum absolute atomic E-state index is 0.0901. The first-order chi connectivity index (χ1) is 15.0. The van der Waals surface area contributed by atoms with E-state index in [9.17, 15) is 9.59 Å². The summed E-state index contributed by atoms with van der Waals surface area (Å²) in [5, 5.41) is 3.21. The number of fused-ring (bicyclic) bond motifs is 1. The van der Waals surface area contributed by atoms with Crippen LogP contribution >= 0.6 is 0 Å². The number of hydrogen-bond acceptors (Lipinski definition) is 5. The van der Waals surface area contributed by atoms with E-state index in [4.69, 9.17) is 13.9 Å². The van der Waals surface area contributed by atoms with Gasteiger partial charge in [0, 0.05) is 5.56 Å². The van der Waals surface area contributed by atoms with Crippen LogP contribution in [0.2, 0.25) is 0 Å². The summed E-state index contributed by atoms with van der Waals surface area (Å²) in [5.74, 6) is 0.589. The van der Waals surface area contributed by atoms with Crippen molar-refractivity contribution in [2.24, 2.45) is 0 Å². The molecule has 0 saturated heterocycles. The first-order valence-electron chi connectivity index (χ1n) is 9.68. The highest BCUT2D eigenvalue weighted by Crippen LogP contribution is 2.31. The van der Waals surface area contributed by atoms with E-state index in [1.165, 1.54) is 14.2 Å². The summed E-state index contributed by atoms with van der Waals surface area (Å²) in [7, 11) is 3.02. The Labute approximate surface area is 179 Å². The zero-order valence-corrected chi connectivity index (χ0v) is 17.4. The van der Waals surface area contributed by atoms with Gasteiger partial charge < -0.3 is 13.9 Å². The van der Waals surface area contributed by atoms with Crippen molar-refractivity contribution < 1.29 is 18.7 Å². The van der Waals surface area contributed by atoms with E-state index in [1.54, 1.807) is 42.5 Å². The maximum absolute atomic E-state index is 13.3. The number of nitrogens with one attached hydrogen (secondary N) is 1. The molecule has 0 unspecified atom stereocenters. The van der Waals surface area contributed by atoms with Crippen molar-refractivity contribution in [1.29, 1.82) is 0 Å². The predicted octanol–water partition coefficient (Wildman–Crippen LogP) is 5.04. The number of carbonyl (C=O) groups excluding carboxylic acids is 1. The molecule has 0 bridgehead atoms.